The predicted molar refractivity (Wildman–Crippen MR) is 137 cm³/mol. The fraction of sp³-hybridized carbons (Fsp3) is 0.464. The van der Waals surface area contributed by atoms with Crippen molar-refractivity contribution in [3.05, 3.63) is 64.9 Å². The molecule has 1 N–H and O–H groups in total. The highest BCUT2D eigenvalue weighted by Crippen LogP contribution is 2.50. The first-order valence-electron chi connectivity index (χ1n) is 12.9. The van der Waals surface area contributed by atoms with E-state index in [1.807, 2.05) is 12.1 Å². The number of piperidine rings is 1. The fourth-order valence-electron chi connectivity index (χ4n) is 5.82. The van der Waals surface area contributed by atoms with E-state index in [0.717, 1.165) is 5.56 Å². The van der Waals surface area contributed by atoms with Crippen LogP contribution in [0.2, 0.25) is 5.02 Å². The zero-order valence-electron chi connectivity index (χ0n) is 21.3. The summed E-state index contributed by atoms with van der Waals surface area (Å²) >= 11 is 6.10. The molecule has 1 aliphatic carbocycles. The molecule has 7 nitrogen and oxygen atoms in total. The number of nitrogens with zero attached hydrogens (tertiary/aromatic N) is 2. The maximum Gasteiger partial charge on any atom is 0.415 e. The lowest BCUT2D eigenvalue weighted by atomic mass is 9.72. The lowest BCUT2D eigenvalue weighted by Crippen LogP contribution is -2.62. The average Bonchev–Trinajstić information content (AvgIpc) is 3.35. The molecule has 1 unspecified atom stereocenters. The number of alkyl halides is 2. The largest absolute Gasteiger partial charge is 0.415 e. The van der Waals surface area contributed by atoms with E-state index >= 15 is 0 Å². The van der Waals surface area contributed by atoms with Gasteiger partial charge in [0.15, 0.2) is 5.78 Å². The summed E-state index contributed by atoms with van der Waals surface area (Å²) in [5, 5.41) is 3.79. The number of hydrogen-bond donors (Lipinski definition) is 1. The number of likely N-dealkylation sites (tertiary alicyclic amines) is 1. The molecule has 3 fully saturated rings. The first kappa shape index (κ1) is 27.5. The van der Waals surface area contributed by atoms with Gasteiger partial charge in [-0.1, -0.05) is 23.7 Å². The molecule has 2 saturated heterocycles. The minimum Gasteiger partial charge on any atom is -0.410 e. The highest BCUT2D eigenvalue weighted by Gasteiger charge is 2.62. The Morgan fingerprint density at radius 1 is 1.05 bits per heavy atom. The van der Waals surface area contributed by atoms with Crippen LogP contribution in [0.15, 0.2) is 48.5 Å². The van der Waals surface area contributed by atoms with Gasteiger partial charge in [-0.2, -0.15) is 0 Å². The number of benzene rings is 2. The molecule has 2 aliphatic heterocycles. The van der Waals surface area contributed by atoms with Crippen LogP contribution in [0.4, 0.5) is 18.0 Å². The van der Waals surface area contributed by atoms with Crippen LogP contribution in [0.3, 0.4) is 0 Å². The normalized spacial score (nSPS) is 26.2. The molecule has 5 rings (SSSR count). The Morgan fingerprint density at radius 3 is 2.26 bits per heavy atom. The summed E-state index contributed by atoms with van der Waals surface area (Å²) in [6, 6.07) is 12.1. The molecule has 2 aromatic carbocycles. The second-order valence-corrected chi connectivity index (χ2v) is 11.0. The summed E-state index contributed by atoms with van der Waals surface area (Å²) in [5.41, 5.74) is -0.520. The lowest BCUT2D eigenvalue weighted by Gasteiger charge is -2.44. The van der Waals surface area contributed by atoms with Crippen LogP contribution in [-0.4, -0.2) is 72.3 Å². The summed E-state index contributed by atoms with van der Waals surface area (Å²) < 4.78 is 45.8. The van der Waals surface area contributed by atoms with Gasteiger partial charge in [-0.15, -0.1) is 0 Å². The van der Waals surface area contributed by atoms with Gasteiger partial charge in [0.25, 0.3) is 5.92 Å². The minimum absolute atomic E-state index is 0.133. The van der Waals surface area contributed by atoms with Crippen LogP contribution in [0.1, 0.15) is 30.7 Å². The first-order valence-corrected chi connectivity index (χ1v) is 13.3. The summed E-state index contributed by atoms with van der Waals surface area (Å²) in [5.74, 6) is -6.24. The Hall–Kier alpha value is -3.11. The van der Waals surface area contributed by atoms with E-state index in [9.17, 15) is 27.6 Å². The Morgan fingerprint density at radius 2 is 1.67 bits per heavy atom. The van der Waals surface area contributed by atoms with E-state index in [1.54, 1.807) is 12.1 Å². The molecule has 0 spiro atoms. The summed E-state index contributed by atoms with van der Waals surface area (Å²) in [4.78, 5) is 42.9. The van der Waals surface area contributed by atoms with Crippen molar-refractivity contribution in [3.63, 3.8) is 0 Å². The van der Waals surface area contributed by atoms with Crippen LogP contribution in [0.25, 0.3) is 0 Å². The van der Waals surface area contributed by atoms with Gasteiger partial charge in [0.2, 0.25) is 5.91 Å². The number of hydrogen-bond acceptors (Lipinski definition) is 5. The highest BCUT2D eigenvalue weighted by atomic mass is 35.5. The quantitative estimate of drug-likeness (QED) is 0.560. The fourth-order valence-corrected chi connectivity index (χ4v) is 5.94. The van der Waals surface area contributed by atoms with Crippen molar-refractivity contribution in [2.24, 2.45) is 11.8 Å². The number of Topliss-reactive ketones (excluding diaryl/α,β-unsaturated/α-hetero) is 1. The van der Waals surface area contributed by atoms with E-state index < -0.39 is 53.5 Å². The first-order chi connectivity index (χ1) is 18.5. The van der Waals surface area contributed by atoms with Gasteiger partial charge < -0.3 is 15.0 Å². The Labute approximate surface area is 229 Å². The Bertz CT molecular complexity index is 1250. The third-order valence-corrected chi connectivity index (χ3v) is 8.46. The molecule has 2 heterocycles. The molecule has 0 bridgehead atoms. The molecule has 2 aromatic rings. The molecule has 2 amide bonds. The van der Waals surface area contributed by atoms with Crippen LogP contribution < -0.4 is 10.1 Å². The summed E-state index contributed by atoms with van der Waals surface area (Å²) in [7, 11) is 1.51. The summed E-state index contributed by atoms with van der Waals surface area (Å²) in [6.07, 6.45) is -0.595. The van der Waals surface area contributed by atoms with Crippen molar-refractivity contribution in [1.29, 1.82) is 0 Å². The monoisotopic (exact) mass is 563 g/mol. The topological polar surface area (TPSA) is 79.0 Å². The average molecular weight is 564 g/mol. The predicted octanol–water partition coefficient (Wildman–Crippen LogP) is 4.50. The second kappa shape index (κ2) is 10.5. The molecule has 39 heavy (non-hydrogen) atoms. The number of likely N-dealkylation sites (N-methyl/N-ethyl adjacent to an activating group) is 1. The van der Waals surface area contributed by atoms with Crippen LogP contribution in [0, 0.1) is 17.7 Å². The summed E-state index contributed by atoms with van der Waals surface area (Å²) in [6.45, 7) is 0.971. The number of ether oxygens (including phenoxy) is 1. The molecule has 0 aromatic heterocycles. The van der Waals surface area contributed by atoms with Crippen molar-refractivity contribution in [2.75, 3.05) is 33.2 Å². The highest BCUT2D eigenvalue weighted by molar-refractivity contribution is 6.30. The number of halogens is 4. The number of carbonyl (C=O) groups is 3. The van der Waals surface area contributed by atoms with Gasteiger partial charge in [-0.25, -0.2) is 18.0 Å². The maximum absolute atomic E-state index is 14.4. The molecule has 3 aliphatic rings. The van der Waals surface area contributed by atoms with E-state index in [2.05, 4.69) is 5.32 Å². The van der Waals surface area contributed by atoms with E-state index in [0.29, 0.717) is 24.4 Å². The zero-order chi connectivity index (χ0) is 27.9. The van der Waals surface area contributed by atoms with Gasteiger partial charge in [0.1, 0.15) is 23.0 Å². The molecular formula is C28H29ClF3N3O4. The van der Waals surface area contributed by atoms with Crippen molar-refractivity contribution in [3.8, 4) is 5.75 Å². The van der Waals surface area contributed by atoms with Gasteiger partial charge in [-0.05, 0) is 54.8 Å². The Balaban J connectivity index is 1.40. The molecule has 0 radical (unpaired) electrons. The molecule has 11 heteroatoms. The zero-order valence-corrected chi connectivity index (χ0v) is 22.1. The van der Waals surface area contributed by atoms with Crippen LogP contribution in [0.5, 0.6) is 5.75 Å². The minimum atomic E-state index is -2.94. The van der Waals surface area contributed by atoms with Crippen molar-refractivity contribution < 1.29 is 32.3 Å². The maximum atomic E-state index is 14.4. The third-order valence-electron chi connectivity index (χ3n) is 8.21. The number of amides is 2. The number of rotatable bonds is 6. The standard InChI is InChI=1S/C28H29ClF3N3O4/c1-34(26(38)39-21-8-6-20(30)7-9-21)27(16-33-15-23(27)17-2-4-19(29)5-3-17)24(36)18-10-12-35(13-11-18)25(37)22-14-28(22,31)32/h2-9,18,22-23,33H,10-16H2,1H3/t22?,23-,27+/m0/s1. The van der Waals surface area contributed by atoms with E-state index in [4.69, 9.17) is 16.3 Å². The van der Waals surface area contributed by atoms with Gasteiger partial charge >= 0.3 is 6.09 Å². The smallest absolute Gasteiger partial charge is 0.410 e. The lowest BCUT2D eigenvalue weighted by molar-refractivity contribution is -0.141. The van der Waals surface area contributed by atoms with Gasteiger partial charge in [0.05, 0.1) is 0 Å². The molecule has 208 valence electrons. The van der Waals surface area contributed by atoms with Crippen molar-refractivity contribution >= 4 is 29.4 Å². The number of carbonyl (C=O) groups excluding carboxylic acids is 3. The molecular weight excluding hydrogens is 535 g/mol. The van der Waals surface area contributed by atoms with Crippen molar-refractivity contribution in [2.45, 2.75) is 36.6 Å². The van der Waals surface area contributed by atoms with Crippen molar-refractivity contribution in [1.82, 2.24) is 15.1 Å². The molecule has 1 saturated carbocycles. The molecule has 3 atom stereocenters. The van der Waals surface area contributed by atoms with Gasteiger partial charge in [-0.3, -0.25) is 14.5 Å². The number of nitrogens with one attached hydrogen (secondary N) is 1. The third kappa shape index (κ3) is 5.24. The van der Waals surface area contributed by atoms with Crippen LogP contribution >= 0.6 is 11.6 Å². The van der Waals surface area contributed by atoms with Crippen LogP contribution in [-0.2, 0) is 9.59 Å². The van der Waals surface area contributed by atoms with E-state index in [1.165, 1.54) is 41.1 Å². The second-order valence-electron chi connectivity index (χ2n) is 10.5. The number of ketones is 1. The van der Waals surface area contributed by atoms with Gasteiger partial charge in [0, 0.05) is 56.5 Å². The Kier molecular flexibility index (Phi) is 7.37. The van der Waals surface area contributed by atoms with E-state index in [-0.39, 0.29) is 31.2 Å². The SMILES string of the molecule is CN(C(=O)Oc1ccc(F)cc1)[C@]1(C(=O)C2CCN(C(=O)C3CC3(F)F)CC2)CNC[C@H]1c1ccc(Cl)cc1.